The van der Waals surface area contributed by atoms with Crippen LogP contribution in [0.5, 0.6) is 0 Å². The third kappa shape index (κ3) is 4.54. The fourth-order valence-corrected chi connectivity index (χ4v) is 3.90. The predicted molar refractivity (Wildman–Crippen MR) is 89.3 cm³/mol. The van der Waals surface area contributed by atoms with Gasteiger partial charge in [-0.3, -0.25) is 14.5 Å². The molecule has 2 aromatic heterocycles. The Kier molecular flexibility index (Phi) is 5.49. The Morgan fingerprint density at radius 3 is 2.59 bits per heavy atom. The summed E-state index contributed by atoms with van der Waals surface area (Å²) in [5.41, 5.74) is 0. The third-order valence-corrected chi connectivity index (χ3v) is 5.12. The van der Waals surface area contributed by atoms with Crippen LogP contribution in [0.4, 0.5) is 0 Å². The van der Waals surface area contributed by atoms with E-state index in [0.29, 0.717) is 13.1 Å². The minimum Gasteiger partial charge on any atom is -0.390 e. The fraction of sp³-hybridized carbons (Fsp3) is 0.533. The van der Waals surface area contributed by atoms with Crippen LogP contribution in [0, 0.1) is 0 Å². The monoisotopic (exact) mass is 340 g/mol. The van der Waals surface area contributed by atoms with Crippen molar-refractivity contribution in [3.05, 3.63) is 39.8 Å². The summed E-state index contributed by atoms with van der Waals surface area (Å²) in [5.74, 6) is 0. The van der Waals surface area contributed by atoms with Crippen LogP contribution in [-0.2, 0) is 13.1 Å². The number of halogens is 1. The minimum atomic E-state index is -0.373. The molecular formula is C15H21ClN4OS. The van der Waals surface area contributed by atoms with Gasteiger partial charge in [-0.25, -0.2) is 0 Å². The number of rotatable bonds is 6. The largest absolute Gasteiger partial charge is 0.390 e. The SMILES string of the molecule is O[C@@H](CN1CCN(Cc2ccc(Cl)s2)CC1)Cn1cccn1. The normalized spacial score (nSPS) is 18.6. The minimum absolute atomic E-state index is 0.373. The molecule has 0 unspecified atom stereocenters. The van der Waals surface area contributed by atoms with E-state index in [1.807, 2.05) is 18.3 Å². The summed E-state index contributed by atoms with van der Waals surface area (Å²) in [6, 6.07) is 5.94. The molecule has 0 saturated carbocycles. The van der Waals surface area contributed by atoms with Crippen molar-refractivity contribution in [1.82, 2.24) is 19.6 Å². The van der Waals surface area contributed by atoms with Crippen molar-refractivity contribution in [3.8, 4) is 0 Å². The van der Waals surface area contributed by atoms with Gasteiger partial charge < -0.3 is 5.11 Å². The van der Waals surface area contributed by atoms with Gasteiger partial charge in [0, 0.05) is 56.5 Å². The molecule has 0 aromatic carbocycles. The second-order valence-corrected chi connectivity index (χ2v) is 7.46. The van der Waals surface area contributed by atoms with Gasteiger partial charge in [0.1, 0.15) is 0 Å². The number of thiophene rings is 1. The first-order valence-electron chi connectivity index (χ1n) is 7.53. The molecule has 120 valence electrons. The van der Waals surface area contributed by atoms with Crippen LogP contribution in [0.25, 0.3) is 0 Å². The molecule has 1 atom stereocenters. The Morgan fingerprint density at radius 1 is 1.18 bits per heavy atom. The molecule has 2 aromatic rings. The van der Waals surface area contributed by atoms with Crippen LogP contribution in [0.3, 0.4) is 0 Å². The molecule has 3 rings (SSSR count). The first kappa shape index (κ1) is 16.0. The highest BCUT2D eigenvalue weighted by atomic mass is 35.5. The molecule has 22 heavy (non-hydrogen) atoms. The van der Waals surface area contributed by atoms with E-state index in [-0.39, 0.29) is 6.10 Å². The highest BCUT2D eigenvalue weighted by Gasteiger charge is 2.19. The van der Waals surface area contributed by atoms with E-state index in [0.717, 1.165) is 37.1 Å². The summed E-state index contributed by atoms with van der Waals surface area (Å²) < 4.78 is 2.64. The molecule has 1 saturated heterocycles. The third-order valence-electron chi connectivity index (χ3n) is 3.90. The first-order chi connectivity index (χ1) is 10.7. The molecule has 0 spiro atoms. The fourth-order valence-electron chi connectivity index (χ4n) is 2.77. The number of β-amino-alcohol motifs (C(OH)–C–C–N with tert-alkyl or cyclic N) is 1. The molecule has 0 bridgehead atoms. The van der Waals surface area contributed by atoms with Crippen LogP contribution in [-0.4, -0.2) is 63.5 Å². The number of piperazine rings is 1. The number of nitrogens with zero attached hydrogens (tertiary/aromatic N) is 4. The lowest BCUT2D eigenvalue weighted by Crippen LogP contribution is -2.48. The van der Waals surface area contributed by atoms with Gasteiger partial charge in [-0.1, -0.05) is 11.6 Å². The molecule has 5 nitrogen and oxygen atoms in total. The van der Waals surface area contributed by atoms with Crippen LogP contribution in [0.1, 0.15) is 4.88 Å². The zero-order valence-corrected chi connectivity index (χ0v) is 14.0. The number of hydrogen-bond donors (Lipinski definition) is 1. The van der Waals surface area contributed by atoms with Crippen LogP contribution >= 0.6 is 22.9 Å². The van der Waals surface area contributed by atoms with E-state index in [2.05, 4.69) is 21.0 Å². The van der Waals surface area contributed by atoms with Gasteiger partial charge in [0.05, 0.1) is 17.0 Å². The van der Waals surface area contributed by atoms with Crippen molar-refractivity contribution >= 4 is 22.9 Å². The predicted octanol–water partition coefficient (Wildman–Crippen LogP) is 1.78. The zero-order valence-electron chi connectivity index (χ0n) is 12.4. The standard InChI is InChI=1S/C15H21ClN4OS/c16-15-3-2-14(22-15)12-19-8-6-18(7-9-19)10-13(21)11-20-5-1-4-17-20/h1-5,13,21H,6-12H2/t13-/m0/s1. The molecule has 3 heterocycles. The number of hydrogen-bond acceptors (Lipinski definition) is 5. The second-order valence-electron chi connectivity index (χ2n) is 5.66. The van der Waals surface area contributed by atoms with E-state index < -0.39 is 0 Å². The Balaban J connectivity index is 1.39. The van der Waals surface area contributed by atoms with Crippen LogP contribution in [0.15, 0.2) is 30.6 Å². The van der Waals surface area contributed by atoms with Crippen LogP contribution in [0.2, 0.25) is 4.34 Å². The van der Waals surface area contributed by atoms with Gasteiger partial charge in [0.25, 0.3) is 0 Å². The van der Waals surface area contributed by atoms with Crippen molar-refractivity contribution in [3.63, 3.8) is 0 Å². The molecule has 1 N–H and O–H groups in total. The highest BCUT2D eigenvalue weighted by Crippen LogP contribution is 2.23. The molecule has 7 heteroatoms. The van der Waals surface area contributed by atoms with Gasteiger partial charge in [0.2, 0.25) is 0 Å². The Labute approximate surface area is 139 Å². The molecule has 0 radical (unpaired) electrons. The van der Waals surface area contributed by atoms with Crippen molar-refractivity contribution in [1.29, 1.82) is 0 Å². The summed E-state index contributed by atoms with van der Waals surface area (Å²) in [7, 11) is 0. The smallest absolute Gasteiger partial charge is 0.0931 e. The zero-order chi connectivity index (χ0) is 15.4. The first-order valence-corrected chi connectivity index (χ1v) is 8.73. The molecule has 0 amide bonds. The van der Waals surface area contributed by atoms with Gasteiger partial charge in [-0.15, -0.1) is 11.3 Å². The van der Waals surface area contributed by atoms with E-state index in [1.54, 1.807) is 22.2 Å². The summed E-state index contributed by atoms with van der Waals surface area (Å²) >= 11 is 7.63. The lowest BCUT2D eigenvalue weighted by Gasteiger charge is -2.35. The van der Waals surface area contributed by atoms with E-state index in [9.17, 15) is 5.11 Å². The topological polar surface area (TPSA) is 44.5 Å². The van der Waals surface area contributed by atoms with Gasteiger partial charge in [-0.2, -0.15) is 5.10 Å². The Bertz CT molecular complexity index is 566. The molecular weight excluding hydrogens is 320 g/mol. The van der Waals surface area contributed by atoms with Crippen molar-refractivity contribution in [2.75, 3.05) is 32.7 Å². The Morgan fingerprint density at radius 2 is 1.95 bits per heavy atom. The summed E-state index contributed by atoms with van der Waals surface area (Å²) in [4.78, 5) is 6.09. The molecule has 1 fully saturated rings. The maximum absolute atomic E-state index is 10.1. The molecule has 0 aliphatic carbocycles. The second kappa shape index (κ2) is 7.57. The van der Waals surface area contributed by atoms with Gasteiger partial charge >= 0.3 is 0 Å². The molecule has 1 aliphatic heterocycles. The summed E-state index contributed by atoms with van der Waals surface area (Å²) in [6.07, 6.45) is 3.25. The number of aliphatic hydroxyl groups excluding tert-OH is 1. The average Bonchev–Trinajstić information content (AvgIpc) is 3.13. The van der Waals surface area contributed by atoms with E-state index >= 15 is 0 Å². The van der Waals surface area contributed by atoms with Crippen LogP contribution < -0.4 is 0 Å². The lowest BCUT2D eigenvalue weighted by molar-refractivity contribution is 0.0608. The quantitative estimate of drug-likeness (QED) is 0.870. The summed E-state index contributed by atoms with van der Waals surface area (Å²) in [5, 5.41) is 14.3. The number of aromatic nitrogens is 2. The van der Waals surface area contributed by atoms with Crippen molar-refractivity contribution in [2.45, 2.75) is 19.2 Å². The average molecular weight is 341 g/mol. The van der Waals surface area contributed by atoms with Gasteiger partial charge in [0.15, 0.2) is 0 Å². The number of aliphatic hydroxyl groups is 1. The van der Waals surface area contributed by atoms with Gasteiger partial charge in [-0.05, 0) is 18.2 Å². The van der Waals surface area contributed by atoms with E-state index in [4.69, 9.17) is 11.6 Å². The maximum Gasteiger partial charge on any atom is 0.0931 e. The van der Waals surface area contributed by atoms with Crippen molar-refractivity contribution < 1.29 is 5.11 Å². The summed E-state index contributed by atoms with van der Waals surface area (Å²) in [6.45, 7) is 6.29. The van der Waals surface area contributed by atoms with E-state index in [1.165, 1.54) is 4.88 Å². The van der Waals surface area contributed by atoms with Crippen molar-refractivity contribution in [2.24, 2.45) is 0 Å². The maximum atomic E-state index is 10.1. The molecule has 1 aliphatic rings. The highest BCUT2D eigenvalue weighted by molar-refractivity contribution is 7.16. The Hall–Kier alpha value is -0.920. The lowest BCUT2D eigenvalue weighted by atomic mass is 10.2.